The van der Waals surface area contributed by atoms with Crippen LogP contribution in [0.25, 0.3) is 0 Å². The number of rotatable bonds is 4. The van der Waals surface area contributed by atoms with Gasteiger partial charge in [-0.3, -0.25) is 0 Å². The highest BCUT2D eigenvalue weighted by Gasteiger charge is 2.22. The first-order valence-electron chi connectivity index (χ1n) is 7.59. The second kappa shape index (κ2) is 7.30. The molecule has 0 aromatic heterocycles. The first-order chi connectivity index (χ1) is 9.65. The number of benzene rings is 1. The molecule has 4 heteroatoms. The van der Waals surface area contributed by atoms with Crippen molar-refractivity contribution in [1.82, 2.24) is 4.90 Å². The van der Waals surface area contributed by atoms with Crippen LogP contribution in [0.5, 0.6) is 0 Å². The Labute approximate surface area is 127 Å². The third-order valence-corrected chi connectivity index (χ3v) is 4.51. The topological polar surface area (TPSA) is 32.5 Å². The lowest BCUT2D eigenvalue weighted by molar-refractivity contribution is 0.328. The van der Waals surface area contributed by atoms with E-state index in [9.17, 15) is 0 Å². The van der Waals surface area contributed by atoms with Crippen LogP contribution in [-0.4, -0.2) is 44.2 Å². The number of anilines is 1. The maximum Gasteiger partial charge on any atom is 0.0459 e. The van der Waals surface area contributed by atoms with Gasteiger partial charge in [0, 0.05) is 29.8 Å². The molecule has 1 aromatic carbocycles. The summed E-state index contributed by atoms with van der Waals surface area (Å²) >= 11 is 6.40. The van der Waals surface area contributed by atoms with Crippen molar-refractivity contribution in [2.45, 2.75) is 32.2 Å². The molecule has 1 saturated heterocycles. The van der Waals surface area contributed by atoms with Gasteiger partial charge in [0.15, 0.2) is 0 Å². The molecule has 1 heterocycles. The molecule has 0 radical (unpaired) electrons. The lowest BCUT2D eigenvalue weighted by Gasteiger charge is -2.32. The van der Waals surface area contributed by atoms with Crippen LogP contribution < -0.4 is 10.6 Å². The second-order valence-corrected chi connectivity index (χ2v) is 6.09. The second-order valence-electron chi connectivity index (χ2n) is 5.69. The fraction of sp³-hybridized carbons (Fsp3) is 0.625. The molecule has 2 N–H and O–H groups in total. The van der Waals surface area contributed by atoms with Crippen molar-refractivity contribution in [1.29, 1.82) is 0 Å². The Morgan fingerprint density at radius 3 is 2.80 bits per heavy atom. The third-order valence-electron chi connectivity index (χ3n) is 4.16. The van der Waals surface area contributed by atoms with E-state index in [1.54, 1.807) is 0 Å². The molecule has 0 amide bonds. The van der Waals surface area contributed by atoms with Crippen LogP contribution in [-0.2, 0) is 6.42 Å². The van der Waals surface area contributed by atoms with E-state index in [0.717, 1.165) is 36.5 Å². The van der Waals surface area contributed by atoms with Gasteiger partial charge in [-0.15, -0.1) is 0 Å². The fourth-order valence-corrected chi connectivity index (χ4v) is 3.27. The number of hydrogen-bond acceptors (Lipinski definition) is 3. The summed E-state index contributed by atoms with van der Waals surface area (Å²) in [5.74, 6) is 0. The highest BCUT2D eigenvalue weighted by Crippen LogP contribution is 2.27. The Morgan fingerprint density at radius 1 is 1.35 bits per heavy atom. The van der Waals surface area contributed by atoms with Gasteiger partial charge in [-0.25, -0.2) is 0 Å². The lowest BCUT2D eigenvalue weighted by atomic mass is 10.1. The zero-order chi connectivity index (χ0) is 14.5. The molecule has 0 spiro atoms. The summed E-state index contributed by atoms with van der Waals surface area (Å²) in [5.41, 5.74) is 8.01. The Kier molecular flexibility index (Phi) is 5.70. The Hall–Kier alpha value is -0.770. The molecule has 1 unspecified atom stereocenters. The first kappa shape index (κ1) is 15.6. The van der Waals surface area contributed by atoms with Crippen LogP contribution in [0.3, 0.4) is 0 Å². The SMILES string of the molecule is CCC1CN(C)CCCN1c1ccc(CCN)c(Cl)c1. The van der Waals surface area contributed by atoms with Crippen molar-refractivity contribution in [3.63, 3.8) is 0 Å². The van der Waals surface area contributed by atoms with Crippen molar-refractivity contribution in [2.75, 3.05) is 38.1 Å². The van der Waals surface area contributed by atoms with E-state index >= 15 is 0 Å². The first-order valence-corrected chi connectivity index (χ1v) is 7.97. The van der Waals surface area contributed by atoms with Gasteiger partial charge >= 0.3 is 0 Å². The molecular formula is C16H26ClN3. The Morgan fingerprint density at radius 2 is 2.15 bits per heavy atom. The molecule has 20 heavy (non-hydrogen) atoms. The average molecular weight is 296 g/mol. The molecule has 0 saturated carbocycles. The summed E-state index contributed by atoms with van der Waals surface area (Å²) in [4.78, 5) is 4.94. The zero-order valence-corrected chi connectivity index (χ0v) is 13.4. The molecule has 1 atom stereocenters. The predicted molar refractivity (Wildman–Crippen MR) is 87.7 cm³/mol. The number of nitrogens with two attached hydrogens (primary N) is 1. The van der Waals surface area contributed by atoms with Crippen molar-refractivity contribution in [2.24, 2.45) is 5.73 Å². The Balaban J connectivity index is 2.21. The molecule has 0 aliphatic carbocycles. The summed E-state index contributed by atoms with van der Waals surface area (Å²) in [7, 11) is 2.21. The van der Waals surface area contributed by atoms with Gasteiger partial charge in [0.25, 0.3) is 0 Å². The quantitative estimate of drug-likeness (QED) is 0.927. The van der Waals surface area contributed by atoms with Gasteiger partial charge in [-0.2, -0.15) is 0 Å². The summed E-state index contributed by atoms with van der Waals surface area (Å²) in [6.45, 7) is 6.31. The van der Waals surface area contributed by atoms with E-state index in [-0.39, 0.29) is 0 Å². The minimum absolute atomic E-state index is 0.568. The molecule has 0 bridgehead atoms. The number of hydrogen-bond donors (Lipinski definition) is 1. The summed E-state index contributed by atoms with van der Waals surface area (Å²) in [5, 5.41) is 0.848. The van der Waals surface area contributed by atoms with Crippen LogP contribution in [0.15, 0.2) is 18.2 Å². The van der Waals surface area contributed by atoms with Crippen molar-refractivity contribution >= 4 is 17.3 Å². The smallest absolute Gasteiger partial charge is 0.0459 e. The van der Waals surface area contributed by atoms with E-state index in [0.29, 0.717) is 12.6 Å². The van der Waals surface area contributed by atoms with Crippen LogP contribution in [0, 0.1) is 0 Å². The maximum atomic E-state index is 6.40. The van der Waals surface area contributed by atoms with E-state index in [4.69, 9.17) is 17.3 Å². The standard InChI is InChI=1S/C16H26ClN3/c1-3-14-12-19(2)9-4-10-20(14)15-6-5-13(7-8-18)16(17)11-15/h5-6,11,14H,3-4,7-10,12,18H2,1-2H3. The van der Waals surface area contributed by atoms with Gasteiger partial charge in [0.05, 0.1) is 0 Å². The normalized spacial score (nSPS) is 21.0. The van der Waals surface area contributed by atoms with Crippen molar-refractivity contribution in [3.8, 4) is 0 Å². The molecule has 2 rings (SSSR count). The number of halogens is 1. The maximum absolute atomic E-state index is 6.40. The molecule has 1 fully saturated rings. The largest absolute Gasteiger partial charge is 0.367 e. The monoisotopic (exact) mass is 295 g/mol. The zero-order valence-electron chi connectivity index (χ0n) is 12.6. The molecule has 112 valence electrons. The van der Waals surface area contributed by atoms with Gasteiger partial charge in [0.2, 0.25) is 0 Å². The molecule has 3 nitrogen and oxygen atoms in total. The minimum atomic E-state index is 0.568. The van der Waals surface area contributed by atoms with Gasteiger partial charge in [-0.1, -0.05) is 24.6 Å². The van der Waals surface area contributed by atoms with E-state index < -0.39 is 0 Å². The van der Waals surface area contributed by atoms with Crippen LogP contribution >= 0.6 is 11.6 Å². The minimum Gasteiger partial charge on any atom is -0.367 e. The van der Waals surface area contributed by atoms with Crippen molar-refractivity contribution in [3.05, 3.63) is 28.8 Å². The molecular weight excluding hydrogens is 270 g/mol. The highest BCUT2D eigenvalue weighted by atomic mass is 35.5. The van der Waals surface area contributed by atoms with Crippen LogP contribution in [0.4, 0.5) is 5.69 Å². The molecule has 1 aliphatic heterocycles. The van der Waals surface area contributed by atoms with Crippen LogP contribution in [0.1, 0.15) is 25.3 Å². The van der Waals surface area contributed by atoms with Gasteiger partial charge in [-0.05, 0) is 57.1 Å². The third kappa shape index (κ3) is 3.66. The van der Waals surface area contributed by atoms with Crippen LogP contribution in [0.2, 0.25) is 5.02 Å². The molecule has 1 aromatic rings. The summed E-state index contributed by atoms with van der Waals surface area (Å²) in [6.07, 6.45) is 3.21. The predicted octanol–water partition coefficient (Wildman–Crippen LogP) is 2.76. The number of nitrogens with zero attached hydrogens (tertiary/aromatic N) is 2. The molecule has 1 aliphatic rings. The summed E-state index contributed by atoms with van der Waals surface area (Å²) in [6, 6.07) is 7.01. The van der Waals surface area contributed by atoms with E-state index in [2.05, 4.69) is 42.0 Å². The Bertz CT molecular complexity index is 436. The van der Waals surface area contributed by atoms with Gasteiger partial charge < -0.3 is 15.5 Å². The number of likely N-dealkylation sites (N-methyl/N-ethyl adjacent to an activating group) is 1. The summed E-state index contributed by atoms with van der Waals surface area (Å²) < 4.78 is 0. The van der Waals surface area contributed by atoms with Crippen molar-refractivity contribution < 1.29 is 0 Å². The lowest BCUT2D eigenvalue weighted by Crippen LogP contribution is -2.39. The van der Waals surface area contributed by atoms with E-state index in [1.807, 2.05) is 0 Å². The highest BCUT2D eigenvalue weighted by molar-refractivity contribution is 6.31. The average Bonchev–Trinajstić information content (AvgIpc) is 2.62. The van der Waals surface area contributed by atoms with Gasteiger partial charge in [0.1, 0.15) is 0 Å². The van der Waals surface area contributed by atoms with E-state index in [1.165, 1.54) is 18.7 Å². The fourth-order valence-electron chi connectivity index (χ4n) is 3.01.